The summed E-state index contributed by atoms with van der Waals surface area (Å²) < 4.78 is 32.3. The summed E-state index contributed by atoms with van der Waals surface area (Å²) in [5, 5.41) is 6.12. The van der Waals surface area contributed by atoms with Gasteiger partial charge >= 0.3 is 0 Å². The third-order valence-corrected chi connectivity index (χ3v) is 6.19. The van der Waals surface area contributed by atoms with E-state index >= 15 is 0 Å². The lowest BCUT2D eigenvalue weighted by Gasteiger charge is -2.38. The van der Waals surface area contributed by atoms with Crippen molar-refractivity contribution in [1.29, 1.82) is 0 Å². The number of ether oxygens (including phenoxy) is 1. The number of hydrogen-bond donors (Lipinski definition) is 2. The number of hydrogen-bond acceptors (Lipinski definition) is 4. The fourth-order valence-electron chi connectivity index (χ4n) is 4.37. The third kappa shape index (κ3) is 7.52. The summed E-state index contributed by atoms with van der Waals surface area (Å²) in [6.45, 7) is 0.907. The van der Waals surface area contributed by atoms with Gasteiger partial charge in [-0.25, -0.2) is 8.78 Å². The highest BCUT2D eigenvalue weighted by Crippen LogP contribution is 2.24. The van der Waals surface area contributed by atoms with Crippen molar-refractivity contribution in [3.8, 4) is 5.75 Å². The summed E-state index contributed by atoms with van der Waals surface area (Å²) in [7, 11) is 1.57. The molecule has 6 nitrogen and oxygen atoms in total. The summed E-state index contributed by atoms with van der Waals surface area (Å²) in [5.41, 5.74) is 1.81. The topological polar surface area (TPSA) is 70.7 Å². The molecule has 8 heteroatoms. The second kappa shape index (κ2) is 13.0. The van der Waals surface area contributed by atoms with Gasteiger partial charge in [0, 0.05) is 13.0 Å². The van der Waals surface area contributed by atoms with E-state index < -0.39 is 24.9 Å². The molecule has 1 aliphatic heterocycles. The Morgan fingerprint density at radius 2 is 1.74 bits per heavy atom. The molecule has 0 saturated carbocycles. The molecule has 0 aliphatic carbocycles. The zero-order chi connectivity index (χ0) is 24.3. The molecule has 0 spiro atoms. The molecule has 2 amide bonds. The van der Waals surface area contributed by atoms with E-state index in [1.165, 1.54) is 0 Å². The monoisotopic (exact) mass is 473 g/mol. The number of nitrogens with zero attached hydrogens (tertiary/aromatic N) is 1. The molecular formula is C26H33F2N3O3. The van der Waals surface area contributed by atoms with Crippen molar-refractivity contribution in [3.05, 3.63) is 65.7 Å². The van der Waals surface area contributed by atoms with E-state index in [-0.39, 0.29) is 24.8 Å². The number of aryl methyl sites for hydroxylation is 1. The van der Waals surface area contributed by atoms with E-state index in [2.05, 4.69) is 10.6 Å². The van der Waals surface area contributed by atoms with Gasteiger partial charge in [0.1, 0.15) is 11.8 Å². The first-order valence-electron chi connectivity index (χ1n) is 11.7. The maximum absolute atomic E-state index is 13.6. The third-order valence-electron chi connectivity index (χ3n) is 6.19. The highest BCUT2D eigenvalue weighted by atomic mass is 19.3. The molecular weight excluding hydrogens is 440 g/mol. The zero-order valence-corrected chi connectivity index (χ0v) is 19.5. The number of rotatable bonds is 11. The van der Waals surface area contributed by atoms with Crippen LogP contribution in [0.2, 0.25) is 0 Å². The standard InChI is InChI=1S/C26H33F2N3O3/c1-34-22-10-7-19(8-11-22)9-12-24(32)31(18-23(27)28)25(21-13-15-29-16-14-21)26(33)30-17-20-5-3-2-4-6-20/h2-8,10-11,21,23,25,29H,9,12-18H2,1H3,(H,30,33). The summed E-state index contributed by atoms with van der Waals surface area (Å²) in [4.78, 5) is 27.6. The molecule has 1 fully saturated rings. The van der Waals surface area contributed by atoms with Crippen LogP contribution in [0.4, 0.5) is 8.78 Å². The van der Waals surface area contributed by atoms with E-state index in [1.807, 2.05) is 42.5 Å². The van der Waals surface area contributed by atoms with Crippen LogP contribution in [0.15, 0.2) is 54.6 Å². The van der Waals surface area contributed by atoms with Gasteiger partial charge in [-0.2, -0.15) is 0 Å². The Morgan fingerprint density at radius 1 is 1.06 bits per heavy atom. The van der Waals surface area contributed by atoms with Crippen molar-refractivity contribution in [2.75, 3.05) is 26.7 Å². The zero-order valence-electron chi connectivity index (χ0n) is 19.5. The van der Waals surface area contributed by atoms with E-state index in [1.54, 1.807) is 19.2 Å². The average molecular weight is 474 g/mol. The molecule has 2 aromatic carbocycles. The van der Waals surface area contributed by atoms with E-state index in [0.29, 0.717) is 38.1 Å². The molecule has 0 aromatic heterocycles. The van der Waals surface area contributed by atoms with Gasteiger partial charge in [-0.15, -0.1) is 0 Å². The van der Waals surface area contributed by atoms with Crippen LogP contribution in [0, 0.1) is 5.92 Å². The predicted octanol–water partition coefficient (Wildman–Crippen LogP) is 3.41. The van der Waals surface area contributed by atoms with Crippen molar-refractivity contribution in [1.82, 2.24) is 15.5 Å². The molecule has 1 saturated heterocycles. The van der Waals surface area contributed by atoms with Crippen molar-refractivity contribution in [2.24, 2.45) is 5.92 Å². The molecule has 3 rings (SSSR count). The first kappa shape index (κ1) is 25.6. The summed E-state index contributed by atoms with van der Waals surface area (Å²) in [6, 6.07) is 15.8. The Balaban J connectivity index is 1.75. The van der Waals surface area contributed by atoms with Gasteiger partial charge in [0.15, 0.2) is 0 Å². The molecule has 2 N–H and O–H groups in total. The second-order valence-electron chi connectivity index (χ2n) is 8.52. The van der Waals surface area contributed by atoms with Gasteiger partial charge in [0.05, 0.1) is 13.7 Å². The lowest BCUT2D eigenvalue weighted by Crippen LogP contribution is -2.56. The minimum absolute atomic E-state index is 0.0481. The van der Waals surface area contributed by atoms with Gasteiger partial charge in [-0.3, -0.25) is 9.59 Å². The van der Waals surface area contributed by atoms with Gasteiger partial charge < -0.3 is 20.3 Å². The molecule has 34 heavy (non-hydrogen) atoms. The van der Waals surface area contributed by atoms with E-state index in [4.69, 9.17) is 4.74 Å². The van der Waals surface area contributed by atoms with Crippen molar-refractivity contribution in [2.45, 2.75) is 44.7 Å². The molecule has 2 aromatic rings. The SMILES string of the molecule is COc1ccc(CCC(=O)N(CC(F)F)C(C(=O)NCc2ccccc2)C2CCNCC2)cc1. The van der Waals surface area contributed by atoms with Crippen LogP contribution in [0.25, 0.3) is 0 Å². The number of carbonyl (C=O) groups excluding carboxylic acids is 2. The summed E-state index contributed by atoms with van der Waals surface area (Å²) in [5.74, 6) is -0.292. The van der Waals surface area contributed by atoms with E-state index in [9.17, 15) is 18.4 Å². The smallest absolute Gasteiger partial charge is 0.255 e. The number of alkyl halides is 2. The fourth-order valence-corrected chi connectivity index (χ4v) is 4.37. The van der Waals surface area contributed by atoms with E-state index in [0.717, 1.165) is 16.0 Å². The average Bonchev–Trinajstić information content (AvgIpc) is 2.87. The highest BCUT2D eigenvalue weighted by Gasteiger charge is 2.38. The number of piperidine rings is 1. The number of methoxy groups -OCH3 is 1. The number of benzene rings is 2. The van der Waals surface area contributed by atoms with Crippen molar-refractivity contribution in [3.63, 3.8) is 0 Å². The first-order valence-corrected chi connectivity index (χ1v) is 11.7. The molecule has 1 aliphatic rings. The number of halogens is 2. The van der Waals surface area contributed by atoms with Crippen LogP contribution in [-0.4, -0.2) is 55.9 Å². The predicted molar refractivity (Wildman–Crippen MR) is 127 cm³/mol. The number of carbonyl (C=O) groups is 2. The Kier molecular flexibility index (Phi) is 9.82. The number of nitrogens with one attached hydrogen (secondary N) is 2. The van der Waals surface area contributed by atoms with Gasteiger partial charge in [-0.05, 0) is 61.5 Å². The molecule has 184 valence electrons. The van der Waals surface area contributed by atoms with Crippen LogP contribution < -0.4 is 15.4 Å². The Hall–Kier alpha value is -3.00. The van der Waals surface area contributed by atoms with Crippen molar-refractivity contribution < 1.29 is 23.1 Å². The normalized spacial score (nSPS) is 15.1. The Labute approximate surface area is 199 Å². The fraction of sp³-hybridized carbons (Fsp3) is 0.462. The molecule has 1 heterocycles. The Morgan fingerprint density at radius 3 is 2.35 bits per heavy atom. The maximum Gasteiger partial charge on any atom is 0.255 e. The van der Waals surface area contributed by atoms with Gasteiger partial charge in [-0.1, -0.05) is 42.5 Å². The Bertz CT molecular complexity index is 903. The molecule has 0 bridgehead atoms. The lowest BCUT2D eigenvalue weighted by atomic mass is 9.88. The van der Waals surface area contributed by atoms with Gasteiger partial charge in [0.25, 0.3) is 6.43 Å². The maximum atomic E-state index is 13.6. The van der Waals surface area contributed by atoms with Crippen LogP contribution in [0.5, 0.6) is 5.75 Å². The molecule has 1 unspecified atom stereocenters. The molecule has 0 radical (unpaired) electrons. The van der Waals surface area contributed by atoms with Gasteiger partial charge in [0.2, 0.25) is 11.8 Å². The number of amides is 2. The molecule has 1 atom stereocenters. The highest BCUT2D eigenvalue weighted by molar-refractivity contribution is 5.88. The minimum atomic E-state index is -2.73. The summed E-state index contributed by atoms with van der Waals surface area (Å²) in [6.07, 6.45) is -0.986. The first-order chi connectivity index (χ1) is 16.5. The van der Waals surface area contributed by atoms with Crippen LogP contribution in [0.1, 0.15) is 30.4 Å². The minimum Gasteiger partial charge on any atom is -0.497 e. The lowest BCUT2D eigenvalue weighted by molar-refractivity contribution is -0.145. The quantitative estimate of drug-likeness (QED) is 0.525. The second-order valence-corrected chi connectivity index (χ2v) is 8.52. The van der Waals surface area contributed by atoms with Crippen molar-refractivity contribution >= 4 is 11.8 Å². The summed E-state index contributed by atoms with van der Waals surface area (Å²) >= 11 is 0. The van der Waals surface area contributed by atoms with Crippen LogP contribution >= 0.6 is 0 Å². The van der Waals surface area contributed by atoms with Crippen LogP contribution in [-0.2, 0) is 22.6 Å². The largest absolute Gasteiger partial charge is 0.497 e. The van der Waals surface area contributed by atoms with Crippen LogP contribution in [0.3, 0.4) is 0 Å².